The Kier molecular flexibility index (Phi) is 4.63. The Morgan fingerprint density at radius 1 is 1.50 bits per heavy atom. The van der Waals surface area contributed by atoms with E-state index in [1.807, 2.05) is 0 Å². The van der Waals surface area contributed by atoms with Gasteiger partial charge in [-0.2, -0.15) is 0 Å². The van der Waals surface area contributed by atoms with Gasteiger partial charge in [0.15, 0.2) is 0 Å². The van der Waals surface area contributed by atoms with E-state index in [4.69, 9.17) is 11.6 Å². The van der Waals surface area contributed by atoms with Crippen molar-refractivity contribution in [2.45, 2.75) is 6.92 Å². The van der Waals surface area contributed by atoms with Crippen LogP contribution in [0.4, 0.5) is 0 Å². The number of hydrogen-bond donors (Lipinski definition) is 0. The second-order valence-corrected chi connectivity index (χ2v) is 4.32. The molecule has 0 bridgehead atoms. The van der Waals surface area contributed by atoms with Crippen LogP contribution in [-0.4, -0.2) is 47.2 Å². The molecule has 16 heavy (non-hydrogen) atoms. The monoisotopic (exact) mass is 263 g/mol. The van der Waals surface area contributed by atoms with E-state index in [1.165, 1.54) is 12.0 Å². The quantitative estimate of drug-likeness (QED) is 0.753. The first-order valence-corrected chi connectivity index (χ1v) is 5.63. The van der Waals surface area contributed by atoms with Crippen LogP contribution >= 0.6 is 22.9 Å². The maximum Gasteiger partial charge on any atom is 0.325 e. The van der Waals surface area contributed by atoms with Crippen LogP contribution in [0.5, 0.6) is 0 Å². The van der Waals surface area contributed by atoms with Gasteiger partial charge in [0.25, 0.3) is 5.91 Å². The molecule has 8 heteroatoms. The van der Waals surface area contributed by atoms with Crippen molar-refractivity contribution in [3.8, 4) is 0 Å². The van der Waals surface area contributed by atoms with E-state index in [9.17, 15) is 9.59 Å². The van der Waals surface area contributed by atoms with E-state index in [-0.39, 0.29) is 21.9 Å². The minimum Gasteiger partial charge on any atom is -0.468 e. The largest absolute Gasteiger partial charge is 0.468 e. The van der Waals surface area contributed by atoms with Crippen LogP contribution in [0, 0.1) is 0 Å². The predicted molar refractivity (Wildman–Crippen MR) is 58.5 cm³/mol. The predicted octanol–water partition coefficient (Wildman–Crippen LogP) is 0.827. The smallest absolute Gasteiger partial charge is 0.325 e. The lowest BCUT2D eigenvalue weighted by molar-refractivity contribution is -0.141. The van der Waals surface area contributed by atoms with Crippen LogP contribution in [-0.2, 0) is 9.53 Å². The summed E-state index contributed by atoms with van der Waals surface area (Å²) in [6.45, 7) is 2.03. The van der Waals surface area contributed by atoms with E-state index in [0.717, 1.165) is 11.3 Å². The fraction of sp³-hybridized carbons (Fsp3) is 0.500. The van der Waals surface area contributed by atoms with Gasteiger partial charge in [0.05, 0.1) is 7.11 Å². The van der Waals surface area contributed by atoms with Crippen LogP contribution in [0.15, 0.2) is 0 Å². The number of carbonyl (C=O) groups is 2. The fourth-order valence-corrected chi connectivity index (χ4v) is 1.77. The molecule has 6 nitrogen and oxygen atoms in total. The molecule has 0 aliphatic carbocycles. The molecule has 0 saturated carbocycles. The van der Waals surface area contributed by atoms with E-state index < -0.39 is 5.97 Å². The van der Waals surface area contributed by atoms with Gasteiger partial charge in [-0.15, -0.1) is 10.2 Å². The number of halogens is 1. The Labute approximate surface area is 101 Å². The van der Waals surface area contributed by atoms with Gasteiger partial charge in [0.2, 0.25) is 9.47 Å². The molecule has 0 spiro atoms. The van der Waals surface area contributed by atoms with Crippen LogP contribution < -0.4 is 0 Å². The summed E-state index contributed by atoms with van der Waals surface area (Å²) in [7, 11) is 1.27. The van der Waals surface area contributed by atoms with E-state index >= 15 is 0 Å². The fourth-order valence-electron chi connectivity index (χ4n) is 0.975. The zero-order valence-corrected chi connectivity index (χ0v) is 10.3. The zero-order chi connectivity index (χ0) is 12.1. The first-order valence-electron chi connectivity index (χ1n) is 4.43. The molecule has 1 aromatic heterocycles. The van der Waals surface area contributed by atoms with Crippen molar-refractivity contribution in [2.75, 3.05) is 20.2 Å². The maximum atomic E-state index is 11.8. The summed E-state index contributed by atoms with van der Waals surface area (Å²) in [4.78, 5) is 24.2. The number of amides is 1. The van der Waals surface area contributed by atoms with Gasteiger partial charge >= 0.3 is 5.97 Å². The summed E-state index contributed by atoms with van der Waals surface area (Å²) in [5.41, 5.74) is 0. The molecule has 0 N–H and O–H groups in total. The van der Waals surface area contributed by atoms with Crippen molar-refractivity contribution >= 4 is 34.8 Å². The molecule has 1 amide bonds. The summed E-state index contributed by atoms with van der Waals surface area (Å²) >= 11 is 6.54. The summed E-state index contributed by atoms with van der Waals surface area (Å²) in [6, 6.07) is 0. The third-order valence-corrected chi connectivity index (χ3v) is 2.81. The Hall–Kier alpha value is -1.21. The van der Waals surface area contributed by atoms with Gasteiger partial charge < -0.3 is 9.64 Å². The molecule has 0 aromatic carbocycles. The summed E-state index contributed by atoms with van der Waals surface area (Å²) in [6.07, 6.45) is 0. The normalized spacial score (nSPS) is 9.94. The molecule has 1 aromatic rings. The number of likely N-dealkylation sites (N-methyl/N-ethyl adjacent to an activating group) is 1. The van der Waals surface area contributed by atoms with Crippen LogP contribution in [0.2, 0.25) is 4.47 Å². The first-order chi connectivity index (χ1) is 7.58. The van der Waals surface area contributed by atoms with Gasteiger partial charge in [0.1, 0.15) is 6.54 Å². The minimum absolute atomic E-state index is 0.108. The highest BCUT2D eigenvalue weighted by Gasteiger charge is 2.21. The van der Waals surface area contributed by atoms with Gasteiger partial charge in [-0.1, -0.05) is 11.3 Å². The van der Waals surface area contributed by atoms with Crippen molar-refractivity contribution in [3.63, 3.8) is 0 Å². The summed E-state index contributed by atoms with van der Waals surface area (Å²) < 4.78 is 4.67. The molecular weight excluding hydrogens is 254 g/mol. The Morgan fingerprint density at radius 3 is 2.62 bits per heavy atom. The number of hydrogen-bond acceptors (Lipinski definition) is 6. The third kappa shape index (κ3) is 3.14. The Morgan fingerprint density at radius 2 is 2.19 bits per heavy atom. The zero-order valence-electron chi connectivity index (χ0n) is 8.77. The van der Waals surface area contributed by atoms with Crippen molar-refractivity contribution < 1.29 is 14.3 Å². The van der Waals surface area contributed by atoms with Crippen molar-refractivity contribution in [1.29, 1.82) is 0 Å². The molecular formula is C8H10ClN3O3S. The van der Waals surface area contributed by atoms with Crippen LogP contribution in [0.25, 0.3) is 0 Å². The lowest BCUT2D eigenvalue weighted by atomic mass is 10.4. The lowest BCUT2D eigenvalue weighted by Crippen LogP contribution is -2.36. The number of rotatable bonds is 4. The highest BCUT2D eigenvalue weighted by atomic mass is 35.5. The van der Waals surface area contributed by atoms with Gasteiger partial charge in [-0.3, -0.25) is 9.59 Å². The molecule has 1 rings (SSSR count). The highest BCUT2D eigenvalue weighted by Crippen LogP contribution is 2.16. The van der Waals surface area contributed by atoms with Gasteiger partial charge in [-0.05, 0) is 18.5 Å². The molecule has 0 unspecified atom stereocenters. The lowest BCUT2D eigenvalue weighted by Gasteiger charge is -2.17. The van der Waals surface area contributed by atoms with Crippen molar-refractivity contribution in [1.82, 2.24) is 15.1 Å². The molecule has 88 valence electrons. The molecule has 0 radical (unpaired) electrons. The Balaban J connectivity index is 2.73. The SMILES string of the molecule is CCN(CC(=O)OC)C(=O)c1nnc(Cl)s1. The first kappa shape index (κ1) is 12.9. The molecule has 0 atom stereocenters. The third-order valence-electron chi connectivity index (χ3n) is 1.80. The topological polar surface area (TPSA) is 72.4 Å². The second-order valence-electron chi connectivity index (χ2n) is 2.76. The van der Waals surface area contributed by atoms with Gasteiger partial charge in [-0.25, -0.2) is 0 Å². The summed E-state index contributed by atoms with van der Waals surface area (Å²) in [5, 5.41) is 7.30. The van der Waals surface area contributed by atoms with Crippen molar-refractivity contribution in [3.05, 3.63) is 9.47 Å². The van der Waals surface area contributed by atoms with E-state index in [2.05, 4.69) is 14.9 Å². The average molecular weight is 264 g/mol. The number of nitrogens with zero attached hydrogens (tertiary/aromatic N) is 3. The molecule has 1 heterocycles. The van der Waals surface area contributed by atoms with Gasteiger partial charge in [0, 0.05) is 6.54 Å². The summed E-state index contributed by atoms with van der Waals surface area (Å²) in [5.74, 6) is -0.858. The standard InChI is InChI=1S/C8H10ClN3O3S/c1-3-12(4-5(13)15-2)7(14)6-10-11-8(9)16-6/h3-4H2,1-2H3. The second kappa shape index (κ2) is 5.76. The maximum absolute atomic E-state index is 11.8. The molecule has 0 fully saturated rings. The number of carbonyl (C=O) groups excluding carboxylic acids is 2. The number of methoxy groups -OCH3 is 1. The van der Waals surface area contributed by atoms with Crippen molar-refractivity contribution in [2.24, 2.45) is 0 Å². The minimum atomic E-state index is -0.481. The Bertz CT molecular complexity index is 396. The average Bonchev–Trinajstić information content (AvgIpc) is 2.71. The molecule has 0 aliphatic rings. The van der Waals surface area contributed by atoms with Crippen LogP contribution in [0.1, 0.15) is 16.7 Å². The number of aromatic nitrogens is 2. The highest BCUT2D eigenvalue weighted by molar-refractivity contribution is 7.17. The number of esters is 1. The van der Waals surface area contributed by atoms with E-state index in [1.54, 1.807) is 6.92 Å². The molecule has 0 saturated heterocycles. The van der Waals surface area contributed by atoms with Crippen LogP contribution in [0.3, 0.4) is 0 Å². The van der Waals surface area contributed by atoms with E-state index in [0.29, 0.717) is 6.54 Å². The molecule has 0 aliphatic heterocycles. The number of ether oxygens (including phenoxy) is 1.